The first-order chi connectivity index (χ1) is 8.05. The zero-order valence-electron chi connectivity index (χ0n) is 9.14. The van der Waals surface area contributed by atoms with Crippen molar-refractivity contribution in [2.24, 2.45) is 5.92 Å². The van der Waals surface area contributed by atoms with Crippen LogP contribution >= 0.6 is 11.6 Å². The summed E-state index contributed by atoms with van der Waals surface area (Å²) < 4.78 is 24.7. The van der Waals surface area contributed by atoms with Crippen LogP contribution < -0.4 is 0 Å². The third kappa shape index (κ3) is 2.31. The standard InChI is InChI=1S/C12H12ClNO2S/c13-10-4-2-5-11(7-10)17(15,16)12-6-1-3-9(12)8-14/h2,4-5,7,9,12H,1,3,6H2. The summed E-state index contributed by atoms with van der Waals surface area (Å²) in [6.45, 7) is 0. The van der Waals surface area contributed by atoms with Crippen molar-refractivity contribution in [1.29, 1.82) is 5.26 Å². The molecule has 5 heteroatoms. The number of nitriles is 1. The highest BCUT2D eigenvalue weighted by Gasteiger charge is 2.38. The van der Waals surface area contributed by atoms with Gasteiger partial charge in [0.2, 0.25) is 0 Å². The summed E-state index contributed by atoms with van der Waals surface area (Å²) in [6, 6.07) is 8.33. The predicted octanol–water partition coefficient (Wildman–Crippen LogP) is 2.81. The van der Waals surface area contributed by atoms with Gasteiger partial charge >= 0.3 is 0 Å². The monoisotopic (exact) mass is 269 g/mol. The number of nitrogens with zero attached hydrogens (tertiary/aromatic N) is 1. The molecule has 1 aromatic carbocycles. The number of halogens is 1. The zero-order chi connectivity index (χ0) is 12.5. The first-order valence-electron chi connectivity index (χ1n) is 5.45. The van der Waals surface area contributed by atoms with Crippen LogP contribution in [0.2, 0.25) is 5.02 Å². The number of sulfone groups is 1. The summed E-state index contributed by atoms with van der Waals surface area (Å²) in [5, 5.41) is 8.78. The molecule has 1 aromatic rings. The molecule has 0 spiro atoms. The van der Waals surface area contributed by atoms with E-state index in [9.17, 15) is 8.42 Å². The summed E-state index contributed by atoms with van der Waals surface area (Å²) in [5.41, 5.74) is 0. The van der Waals surface area contributed by atoms with E-state index >= 15 is 0 Å². The van der Waals surface area contributed by atoms with Crippen molar-refractivity contribution < 1.29 is 8.42 Å². The number of hydrogen-bond acceptors (Lipinski definition) is 3. The molecule has 0 aliphatic heterocycles. The first kappa shape index (κ1) is 12.4. The van der Waals surface area contributed by atoms with Crippen LogP contribution in [0.5, 0.6) is 0 Å². The van der Waals surface area contributed by atoms with Gasteiger partial charge < -0.3 is 0 Å². The van der Waals surface area contributed by atoms with Gasteiger partial charge in [-0.05, 0) is 31.0 Å². The molecule has 90 valence electrons. The Balaban J connectivity index is 2.40. The van der Waals surface area contributed by atoms with E-state index in [-0.39, 0.29) is 10.8 Å². The van der Waals surface area contributed by atoms with Crippen LogP contribution in [0.4, 0.5) is 0 Å². The highest BCUT2D eigenvalue weighted by Crippen LogP contribution is 2.34. The van der Waals surface area contributed by atoms with Gasteiger partial charge in [-0.25, -0.2) is 8.42 Å². The molecular weight excluding hydrogens is 258 g/mol. The van der Waals surface area contributed by atoms with Gasteiger partial charge in [0.15, 0.2) is 9.84 Å². The van der Waals surface area contributed by atoms with Crippen molar-refractivity contribution in [1.82, 2.24) is 0 Å². The van der Waals surface area contributed by atoms with Crippen LogP contribution in [-0.4, -0.2) is 13.7 Å². The maximum Gasteiger partial charge on any atom is 0.182 e. The van der Waals surface area contributed by atoms with E-state index in [4.69, 9.17) is 16.9 Å². The summed E-state index contributed by atoms with van der Waals surface area (Å²) in [5.74, 6) is -0.390. The fourth-order valence-corrected chi connectivity index (χ4v) is 4.53. The quantitative estimate of drug-likeness (QED) is 0.829. The van der Waals surface area contributed by atoms with Gasteiger partial charge in [-0.2, -0.15) is 5.26 Å². The molecule has 0 amide bonds. The summed E-state index contributed by atoms with van der Waals surface area (Å²) in [6.07, 6.45) is 2.02. The predicted molar refractivity (Wildman–Crippen MR) is 65.4 cm³/mol. The van der Waals surface area contributed by atoms with E-state index in [1.54, 1.807) is 12.1 Å². The van der Waals surface area contributed by atoms with Crippen molar-refractivity contribution in [2.45, 2.75) is 29.4 Å². The molecule has 2 unspecified atom stereocenters. The summed E-state index contributed by atoms with van der Waals surface area (Å²) in [7, 11) is -3.43. The Morgan fingerprint density at radius 2 is 2.12 bits per heavy atom. The van der Waals surface area contributed by atoms with Crippen LogP contribution in [0.3, 0.4) is 0 Å². The van der Waals surface area contributed by atoms with Crippen molar-refractivity contribution >= 4 is 21.4 Å². The lowest BCUT2D eigenvalue weighted by Crippen LogP contribution is -2.24. The van der Waals surface area contributed by atoms with Crippen LogP contribution in [0.15, 0.2) is 29.2 Å². The van der Waals surface area contributed by atoms with Gasteiger partial charge in [0.05, 0.1) is 22.1 Å². The SMILES string of the molecule is N#CC1CCCC1S(=O)(=O)c1cccc(Cl)c1. The molecule has 17 heavy (non-hydrogen) atoms. The molecule has 0 saturated heterocycles. The number of rotatable bonds is 2. The topological polar surface area (TPSA) is 57.9 Å². The van der Waals surface area contributed by atoms with E-state index in [0.29, 0.717) is 17.9 Å². The maximum atomic E-state index is 12.3. The second-order valence-corrected chi connectivity index (χ2v) is 6.81. The Morgan fingerprint density at radius 3 is 2.76 bits per heavy atom. The smallest absolute Gasteiger partial charge is 0.182 e. The molecule has 3 nitrogen and oxygen atoms in total. The molecule has 2 rings (SSSR count). The Morgan fingerprint density at radius 1 is 1.35 bits per heavy atom. The van der Waals surface area contributed by atoms with Crippen molar-refractivity contribution in [3.05, 3.63) is 29.3 Å². The highest BCUT2D eigenvalue weighted by molar-refractivity contribution is 7.92. The largest absolute Gasteiger partial charge is 0.223 e. The Labute approximate surface area is 106 Å². The molecule has 0 bridgehead atoms. The normalized spacial score (nSPS) is 24.5. The molecule has 0 aromatic heterocycles. The minimum Gasteiger partial charge on any atom is -0.223 e. The first-order valence-corrected chi connectivity index (χ1v) is 7.37. The van der Waals surface area contributed by atoms with Crippen LogP contribution in [0.1, 0.15) is 19.3 Å². The fraction of sp³-hybridized carbons (Fsp3) is 0.417. The average Bonchev–Trinajstić information content (AvgIpc) is 2.77. The lowest BCUT2D eigenvalue weighted by atomic mass is 10.1. The molecule has 0 heterocycles. The molecule has 1 saturated carbocycles. The Kier molecular flexibility index (Phi) is 3.41. The molecule has 2 atom stereocenters. The minimum atomic E-state index is -3.43. The van der Waals surface area contributed by atoms with Gasteiger partial charge in [-0.3, -0.25) is 0 Å². The third-order valence-electron chi connectivity index (χ3n) is 3.14. The summed E-state index contributed by atoms with van der Waals surface area (Å²) >= 11 is 5.80. The van der Waals surface area contributed by atoms with E-state index < -0.39 is 15.1 Å². The Hall–Kier alpha value is -1.05. The van der Waals surface area contributed by atoms with E-state index in [0.717, 1.165) is 6.42 Å². The maximum absolute atomic E-state index is 12.3. The van der Waals surface area contributed by atoms with Crippen LogP contribution in [0, 0.1) is 17.2 Å². The second kappa shape index (κ2) is 4.67. The van der Waals surface area contributed by atoms with Crippen LogP contribution in [-0.2, 0) is 9.84 Å². The lowest BCUT2D eigenvalue weighted by Gasteiger charge is -2.14. The van der Waals surface area contributed by atoms with Gasteiger partial charge in [-0.15, -0.1) is 0 Å². The average molecular weight is 270 g/mol. The van der Waals surface area contributed by atoms with Crippen molar-refractivity contribution in [2.75, 3.05) is 0 Å². The molecule has 1 fully saturated rings. The lowest BCUT2D eigenvalue weighted by molar-refractivity contribution is 0.565. The molecule has 1 aliphatic carbocycles. The van der Waals surface area contributed by atoms with E-state index in [1.165, 1.54) is 12.1 Å². The van der Waals surface area contributed by atoms with E-state index in [1.807, 2.05) is 0 Å². The van der Waals surface area contributed by atoms with Gasteiger partial charge in [-0.1, -0.05) is 24.1 Å². The van der Waals surface area contributed by atoms with Gasteiger partial charge in [0.25, 0.3) is 0 Å². The molecule has 0 radical (unpaired) electrons. The number of hydrogen-bond donors (Lipinski definition) is 0. The fourth-order valence-electron chi connectivity index (χ4n) is 2.26. The minimum absolute atomic E-state index is 0.220. The molecule has 0 N–H and O–H groups in total. The van der Waals surface area contributed by atoms with Gasteiger partial charge in [0.1, 0.15) is 0 Å². The van der Waals surface area contributed by atoms with Crippen molar-refractivity contribution in [3.63, 3.8) is 0 Å². The van der Waals surface area contributed by atoms with E-state index in [2.05, 4.69) is 6.07 Å². The number of benzene rings is 1. The molecular formula is C12H12ClNO2S. The summed E-state index contributed by atoms with van der Waals surface area (Å²) in [4.78, 5) is 0.220. The molecule has 1 aliphatic rings. The third-order valence-corrected chi connectivity index (χ3v) is 5.65. The van der Waals surface area contributed by atoms with Crippen LogP contribution in [0.25, 0.3) is 0 Å². The zero-order valence-corrected chi connectivity index (χ0v) is 10.7. The Bertz CT molecular complexity index is 562. The van der Waals surface area contributed by atoms with Crippen molar-refractivity contribution in [3.8, 4) is 6.07 Å². The van der Waals surface area contributed by atoms with Gasteiger partial charge in [0, 0.05) is 5.02 Å². The highest BCUT2D eigenvalue weighted by atomic mass is 35.5. The second-order valence-electron chi connectivity index (χ2n) is 4.21.